The second kappa shape index (κ2) is 31.8. The lowest BCUT2D eigenvalue weighted by molar-refractivity contribution is -0.144. The summed E-state index contributed by atoms with van der Waals surface area (Å²) in [6.07, 6.45) is 12.4. The van der Waals surface area contributed by atoms with E-state index in [0.717, 1.165) is 43.2 Å². The summed E-state index contributed by atoms with van der Waals surface area (Å²) in [5, 5.41) is 21.9. The van der Waals surface area contributed by atoms with Gasteiger partial charge in [0, 0.05) is 62.8 Å². The van der Waals surface area contributed by atoms with Gasteiger partial charge in [0.2, 0.25) is 35.4 Å². The van der Waals surface area contributed by atoms with Gasteiger partial charge in [-0.05, 0) is 114 Å². The highest BCUT2D eigenvalue weighted by molar-refractivity contribution is 5.97. The van der Waals surface area contributed by atoms with Gasteiger partial charge in [-0.2, -0.15) is 0 Å². The first-order chi connectivity index (χ1) is 39.3. The number of carbonyl (C=O) groups is 8. The minimum atomic E-state index is -0.887. The van der Waals surface area contributed by atoms with E-state index in [4.69, 9.17) is 0 Å². The van der Waals surface area contributed by atoms with E-state index >= 15 is 0 Å². The maximum atomic E-state index is 14.8. The number of ketones is 2. The van der Waals surface area contributed by atoms with Crippen LogP contribution < -0.4 is 37.2 Å². The Bertz CT molecular complexity index is 2530. The van der Waals surface area contributed by atoms with Crippen molar-refractivity contribution in [2.75, 3.05) is 27.2 Å². The quantitative estimate of drug-likeness (QED) is 0.0362. The van der Waals surface area contributed by atoms with Crippen molar-refractivity contribution in [2.24, 2.45) is 11.8 Å². The summed E-state index contributed by atoms with van der Waals surface area (Å²) in [6, 6.07) is 24.0. The van der Waals surface area contributed by atoms with Crippen LogP contribution in [-0.4, -0.2) is 132 Å². The Balaban J connectivity index is 0.872. The Morgan fingerprint density at radius 3 is 1.58 bits per heavy atom. The number of likely N-dealkylation sites (N-methyl/N-ethyl adjacent to an activating group) is 2. The summed E-state index contributed by atoms with van der Waals surface area (Å²) in [6.45, 7) is 5.19. The second-order valence-electron chi connectivity index (χ2n) is 22.9. The lowest BCUT2D eigenvalue weighted by atomic mass is 9.92. The predicted molar refractivity (Wildman–Crippen MR) is 313 cm³/mol. The maximum absolute atomic E-state index is 14.8. The highest BCUT2D eigenvalue weighted by Gasteiger charge is 2.49. The van der Waals surface area contributed by atoms with Crippen LogP contribution in [0, 0.1) is 11.8 Å². The van der Waals surface area contributed by atoms with Crippen LogP contribution in [0.15, 0.2) is 91.0 Å². The van der Waals surface area contributed by atoms with Crippen LogP contribution >= 0.6 is 0 Å². The molecular weight excluding hydrogens is 1020 g/mol. The number of unbranched alkanes of at least 4 members (excludes halogenated alkanes) is 5. The van der Waals surface area contributed by atoms with Crippen molar-refractivity contribution in [1.29, 1.82) is 0 Å². The standard InChI is InChI=1S/C64H91N9O8/c1-5-50(65-3)60(77)70-58-46(41-67-40-44-24-16-12-17-25-44)31-33-49-36-38-53(73(49)64(58)81)62(79)69-57(45-26-18-13-19-27-45)55(75)28-20-9-7-8-10-21-29-56(76)68-42-47-32-34-48-35-37-52(54(74)39-30-43-22-14-11-15-23-43)72(48)63(80)59(47)71-61(78)51(6-2)66-4/h11-19,22-27,46-53,57-59,65-67H,5-10,20-21,28-42H2,1-4H3,(H,68,76)(H,69,79)(H,70,77)(H,71,78)/t46-,47-,48+,49?,50+,51+,52+,53+,57+,58+,59+/m1/s1. The number of benzene rings is 3. The van der Waals surface area contributed by atoms with Crippen LogP contribution in [0.1, 0.15) is 159 Å². The first kappa shape index (κ1) is 62.3. The molecule has 3 aromatic rings. The molecule has 7 N–H and O–H groups in total. The van der Waals surface area contributed by atoms with Crippen molar-refractivity contribution < 1.29 is 38.4 Å². The fraction of sp³-hybridized carbons (Fsp3) is 0.594. The molecule has 0 radical (unpaired) electrons. The second-order valence-corrected chi connectivity index (χ2v) is 22.9. The first-order valence-electron chi connectivity index (χ1n) is 30.4. The van der Waals surface area contributed by atoms with Crippen LogP contribution in [0.25, 0.3) is 0 Å². The smallest absolute Gasteiger partial charge is 0.246 e. The molecule has 6 amide bonds. The van der Waals surface area contributed by atoms with Crippen molar-refractivity contribution in [3.05, 3.63) is 108 Å². The molecule has 4 saturated heterocycles. The van der Waals surface area contributed by atoms with Gasteiger partial charge in [-0.1, -0.05) is 131 Å². The van der Waals surface area contributed by atoms with E-state index in [9.17, 15) is 38.4 Å². The monoisotopic (exact) mass is 1110 g/mol. The summed E-state index contributed by atoms with van der Waals surface area (Å²) in [5.74, 6) is -2.11. The van der Waals surface area contributed by atoms with Crippen LogP contribution in [0.5, 0.6) is 0 Å². The molecule has 7 rings (SSSR count). The molecule has 0 aromatic heterocycles. The van der Waals surface area contributed by atoms with E-state index in [1.807, 2.05) is 105 Å². The van der Waals surface area contributed by atoms with Crippen molar-refractivity contribution in [1.82, 2.24) is 47.0 Å². The van der Waals surface area contributed by atoms with Crippen LogP contribution in [-0.2, 0) is 51.3 Å². The van der Waals surface area contributed by atoms with Crippen molar-refractivity contribution >= 4 is 47.0 Å². The van der Waals surface area contributed by atoms with E-state index in [1.54, 1.807) is 23.9 Å². The number of amides is 6. The molecule has 81 heavy (non-hydrogen) atoms. The Labute approximate surface area is 480 Å². The van der Waals surface area contributed by atoms with E-state index < -0.39 is 42.3 Å². The largest absolute Gasteiger partial charge is 0.356 e. The number of hydrogen-bond donors (Lipinski definition) is 7. The zero-order chi connectivity index (χ0) is 57.7. The summed E-state index contributed by atoms with van der Waals surface area (Å²) < 4.78 is 0. The third-order valence-electron chi connectivity index (χ3n) is 17.6. The van der Waals surface area contributed by atoms with Crippen molar-refractivity contribution in [3.8, 4) is 0 Å². The van der Waals surface area contributed by atoms with Crippen LogP contribution in [0.2, 0.25) is 0 Å². The van der Waals surface area contributed by atoms with Crippen molar-refractivity contribution in [3.63, 3.8) is 0 Å². The molecule has 440 valence electrons. The summed E-state index contributed by atoms with van der Waals surface area (Å²) >= 11 is 0. The van der Waals surface area contributed by atoms with Gasteiger partial charge >= 0.3 is 0 Å². The zero-order valence-electron chi connectivity index (χ0n) is 48.4. The number of Topliss-reactive ketones (excluding diaryl/α,β-unsaturated/α-hetero) is 2. The average molecular weight is 1110 g/mol. The van der Waals surface area contributed by atoms with Gasteiger partial charge in [0.25, 0.3) is 0 Å². The number of aryl methyl sites for hydroxylation is 1. The Morgan fingerprint density at radius 2 is 1.02 bits per heavy atom. The molecule has 1 unspecified atom stereocenters. The zero-order valence-corrected chi connectivity index (χ0v) is 48.4. The molecule has 0 bridgehead atoms. The SMILES string of the molecule is CC[C@H](NC)C(=O)N[C@@H]1C(=O)N2C(CC[C@@H]1CNCc1ccccc1)CC[C@H]2C(=O)N[C@H](C(=O)CCCCCCCCC(=O)NC[C@H]1CC[C@H]2CC[C@@H](C(=O)CCc3ccccc3)N2C(=O)[C@H]1NC(=O)[C@H](CC)NC)c1ccccc1. The topological polar surface area (TPSA) is 227 Å². The van der Waals surface area contributed by atoms with Gasteiger partial charge in [-0.25, -0.2) is 0 Å². The third kappa shape index (κ3) is 17.1. The van der Waals surface area contributed by atoms with Gasteiger partial charge < -0.3 is 47.0 Å². The lowest BCUT2D eigenvalue weighted by Gasteiger charge is -2.33. The Kier molecular flexibility index (Phi) is 24.4. The van der Waals surface area contributed by atoms with Gasteiger partial charge in [0.05, 0.1) is 18.1 Å². The number of hydrogen-bond acceptors (Lipinski definition) is 11. The molecule has 17 heteroatoms. The van der Waals surface area contributed by atoms with E-state index in [2.05, 4.69) is 37.2 Å². The maximum Gasteiger partial charge on any atom is 0.246 e. The highest BCUT2D eigenvalue weighted by atomic mass is 16.2. The molecule has 4 aliphatic rings. The average Bonchev–Trinajstić information content (AvgIpc) is 4.10. The number of rotatable bonds is 31. The van der Waals surface area contributed by atoms with E-state index in [0.29, 0.717) is 109 Å². The molecule has 17 nitrogen and oxygen atoms in total. The highest BCUT2D eigenvalue weighted by Crippen LogP contribution is 2.37. The number of fused-ring (bicyclic) bond motifs is 2. The van der Waals surface area contributed by atoms with Gasteiger partial charge in [0.15, 0.2) is 11.6 Å². The van der Waals surface area contributed by atoms with Crippen molar-refractivity contribution in [2.45, 2.75) is 203 Å². The minimum Gasteiger partial charge on any atom is -0.356 e. The Morgan fingerprint density at radius 1 is 0.543 bits per heavy atom. The van der Waals surface area contributed by atoms with Crippen LogP contribution in [0.3, 0.4) is 0 Å². The van der Waals surface area contributed by atoms with Gasteiger partial charge in [-0.3, -0.25) is 38.4 Å². The number of carbonyl (C=O) groups excluding carboxylic acids is 8. The lowest BCUT2D eigenvalue weighted by Crippen LogP contribution is -2.59. The molecule has 4 fully saturated rings. The van der Waals surface area contributed by atoms with Crippen LogP contribution in [0.4, 0.5) is 0 Å². The van der Waals surface area contributed by atoms with Gasteiger partial charge in [-0.15, -0.1) is 0 Å². The normalized spacial score (nSPS) is 23.7. The van der Waals surface area contributed by atoms with Gasteiger partial charge in [0.1, 0.15) is 24.2 Å². The number of nitrogens with one attached hydrogen (secondary N) is 7. The molecule has 0 saturated carbocycles. The first-order valence-corrected chi connectivity index (χ1v) is 30.4. The number of nitrogens with zero attached hydrogens (tertiary/aromatic N) is 2. The molecule has 4 heterocycles. The fourth-order valence-corrected chi connectivity index (χ4v) is 12.9. The van der Waals surface area contributed by atoms with E-state index in [1.165, 1.54) is 0 Å². The summed E-state index contributed by atoms with van der Waals surface area (Å²) in [5.41, 5.74) is 2.87. The summed E-state index contributed by atoms with van der Waals surface area (Å²) in [7, 11) is 3.44. The molecule has 0 aliphatic carbocycles. The molecule has 11 atom stereocenters. The fourth-order valence-electron chi connectivity index (χ4n) is 12.9. The molecule has 4 aliphatic heterocycles. The minimum absolute atomic E-state index is 0.0394. The van der Waals surface area contributed by atoms with E-state index in [-0.39, 0.29) is 83.9 Å². The third-order valence-corrected chi connectivity index (χ3v) is 17.6. The molecular formula is C64H91N9O8. The summed E-state index contributed by atoms with van der Waals surface area (Å²) in [4.78, 5) is 115. The molecule has 0 spiro atoms. The predicted octanol–water partition coefficient (Wildman–Crippen LogP) is 6.15. The Hall–Kier alpha value is -6.30. The molecule has 3 aromatic carbocycles.